The van der Waals surface area contributed by atoms with Crippen molar-refractivity contribution in [2.45, 2.75) is 26.7 Å². The first kappa shape index (κ1) is 17.0. The van der Waals surface area contributed by atoms with Crippen LogP contribution in [-0.2, 0) is 9.59 Å². The molecule has 114 valence electrons. The molecule has 0 radical (unpaired) electrons. The molecule has 0 fully saturated rings. The van der Waals surface area contributed by atoms with E-state index in [4.69, 9.17) is 5.11 Å². The average molecular weight is 289 g/mol. The molecule has 1 N–H and O–H groups in total. The third-order valence-corrected chi connectivity index (χ3v) is 3.37. The van der Waals surface area contributed by atoms with Gasteiger partial charge in [-0.15, -0.1) is 0 Å². The van der Waals surface area contributed by atoms with E-state index >= 15 is 0 Å². The number of carboxylic acids is 1. The summed E-state index contributed by atoms with van der Waals surface area (Å²) in [6, 6.07) is 8.04. The van der Waals surface area contributed by atoms with Gasteiger partial charge in [0.1, 0.15) is 0 Å². The Kier molecular flexibility index (Phi) is 6.15. The van der Waals surface area contributed by atoms with Gasteiger partial charge in [0, 0.05) is 19.7 Å². The smallest absolute Gasteiger partial charge is 0.308 e. The van der Waals surface area contributed by atoms with Gasteiger partial charge in [-0.2, -0.15) is 0 Å². The van der Waals surface area contributed by atoms with Crippen LogP contribution in [0.2, 0.25) is 0 Å². The van der Waals surface area contributed by atoms with Crippen molar-refractivity contribution in [3.05, 3.63) is 41.5 Å². The standard InChI is InChI=1S/C17H23NO3/c1-12(2)15-8-5-14(6-9-15)7-10-16(19)18(4)11-13(3)17(20)21/h5-10,12-13H,11H2,1-4H3,(H,20,21). The topological polar surface area (TPSA) is 57.6 Å². The Labute approximate surface area is 126 Å². The molecule has 0 saturated heterocycles. The zero-order chi connectivity index (χ0) is 16.0. The molecular weight excluding hydrogens is 266 g/mol. The first-order valence-corrected chi connectivity index (χ1v) is 7.07. The number of carbonyl (C=O) groups is 2. The highest BCUT2D eigenvalue weighted by Gasteiger charge is 2.15. The van der Waals surface area contributed by atoms with E-state index < -0.39 is 11.9 Å². The summed E-state index contributed by atoms with van der Waals surface area (Å²) in [6.07, 6.45) is 3.22. The van der Waals surface area contributed by atoms with Gasteiger partial charge >= 0.3 is 5.97 Å². The van der Waals surface area contributed by atoms with Crippen LogP contribution in [0.1, 0.15) is 37.8 Å². The van der Waals surface area contributed by atoms with Crippen LogP contribution < -0.4 is 0 Å². The molecular formula is C17H23NO3. The molecule has 1 amide bonds. The summed E-state index contributed by atoms with van der Waals surface area (Å²) in [7, 11) is 1.61. The van der Waals surface area contributed by atoms with E-state index in [1.807, 2.05) is 24.3 Å². The number of benzene rings is 1. The molecule has 0 saturated carbocycles. The fraction of sp³-hybridized carbons (Fsp3) is 0.412. The maximum atomic E-state index is 11.9. The minimum Gasteiger partial charge on any atom is -0.481 e. The molecule has 4 nitrogen and oxygen atoms in total. The van der Waals surface area contributed by atoms with E-state index in [9.17, 15) is 9.59 Å². The average Bonchev–Trinajstić information content (AvgIpc) is 2.44. The van der Waals surface area contributed by atoms with Crippen LogP contribution >= 0.6 is 0 Å². The van der Waals surface area contributed by atoms with Crippen molar-refractivity contribution >= 4 is 18.0 Å². The van der Waals surface area contributed by atoms with Crippen LogP contribution in [-0.4, -0.2) is 35.5 Å². The lowest BCUT2D eigenvalue weighted by Gasteiger charge is -2.17. The van der Waals surface area contributed by atoms with Gasteiger partial charge in [-0.25, -0.2) is 0 Å². The maximum absolute atomic E-state index is 11.9. The number of aliphatic carboxylic acids is 1. The number of amides is 1. The van der Waals surface area contributed by atoms with Crippen LogP contribution in [0.4, 0.5) is 0 Å². The van der Waals surface area contributed by atoms with Crippen molar-refractivity contribution in [3.8, 4) is 0 Å². The van der Waals surface area contributed by atoms with Crippen LogP contribution in [0.3, 0.4) is 0 Å². The van der Waals surface area contributed by atoms with Gasteiger partial charge in [0.25, 0.3) is 0 Å². The van der Waals surface area contributed by atoms with Crippen LogP contribution in [0.25, 0.3) is 6.08 Å². The Balaban J connectivity index is 2.62. The van der Waals surface area contributed by atoms with Crippen molar-refractivity contribution in [2.75, 3.05) is 13.6 Å². The number of rotatable bonds is 6. The molecule has 1 aromatic rings. The van der Waals surface area contributed by atoms with Crippen LogP contribution in [0.15, 0.2) is 30.3 Å². The van der Waals surface area contributed by atoms with Gasteiger partial charge in [-0.1, -0.05) is 45.0 Å². The Hall–Kier alpha value is -2.10. The fourth-order valence-electron chi connectivity index (χ4n) is 1.87. The number of hydrogen-bond acceptors (Lipinski definition) is 2. The SMILES string of the molecule is CC(CN(C)C(=O)C=Cc1ccc(C(C)C)cc1)C(=O)O. The minimum absolute atomic E-state index is 0.198. The first-order valence-electron chi connectivity index (χ1n) is 7.07. The highest BCUT2D eigenvalue weighted by Crippen LogP contribution is 2.15. The first-order chi connectivity index (χ1) is 9.81. The van der Waals surface area contributed by atoms with E-state index in [0.717, 1.165) is 5.56 Å². The number of likely N-dealkylation sites (N-methyl/N-ethyl adjacent to an activating group) is 1. The quantitative estimate of drug-likeness (QED) is 0.819. The summed E-state index contributed by atoms with van der Waals surface area (Å²) in [5.41, 5.74) is 2.21. The molecule has 0 aliphatic rings. The van der Waals surface area contributed by atoms with Crippen LogP contribution in [0, 0.1) is 5.92 Å². The van der Waals surface area contributed by atoms with Gasteiger partial charge in [0.05, 0.1) is 5.92 Å². The number of nitrogens with zero attached hydrogens (tertiary/aromatic N) is 1. The summed E-state index contributed by atoms with van der Waals surface area (Å²) in [6.45, 7) is 6.05. The summed E-state index contributed by atoms with van der Waals surface area (Å²) >= 11 is 0. The zero-order valence-corrected chi connectivity index (χ0v) is 13.0. The summed E-state index contributed by atoms with van der Waals surface area (Å²) in [5, 5.41) is 8.84. The highest BCUT2D eigenvalue weighted by molar-refractivity contribution is 5.91. The molecule has 1 aromatic carbocycles. The molecule has 1 atom stereocenters. The monoisotopic (exact) mass is 289 g/mol. The lowest BCUT2D eigenvalue weighted by molar-refractivity contribution is -0.142. The van der Waals surface area contributed by atoms with Crippen molar-refractivity contribution in [2.24, 2.45) is 5.92 Å². The predicted octanol–water partition coefficient (Wildman–Crippen LogP) is 3.00. The molecule has 1 unspecified atom stereocenters. The van der Waals surface area contributed by atoms with E-state index in [1.165, 1.54) is 16.5 Å². The number of carboxylic acid groups (broad SMARTS) is 1. The second-order valence-electron chi connectivity index (χ2n) is 5.61. The van der Waals surface area contributed by atoms with E-state index in [0.29, 0.717) is 5.92 Å². The Bertz CT molecular complexity index is 517. The molecule has 0 spiro atoms. The largest absolute Gasteiger partial charge is 0.481 e. The third kappa shape index (κ3) is 5.42. The Morgan fingerprint density at radius 2 is 1.76 bits per heavy atom. The molecule has 21 heavy (non-hydrogen) atoms. The number of hydrogen-bond donors (Lipinski definition) is 1. The highest BCUT2D eigenvalue weighted by atomic mass is 16.4. The molecule has 0 aliphatic heterocycles. The molecule has 0 aromatic heterocycles. The van der Waals surface area contributed by atoms with Crippen molar-refractivity contribution in [1.29, 1.82) is 0 Å². The lowest BCUT2D eigenvalue weighted by atomic mass is 10.0. The second kappa shape index (κ2) is 7.62. The maximum Gasteiger partial charge on any atom is 0.308 e. The van der Waals surface area contributed by atoms with Crippen molar-refractivity contribution < 1.29 is 14.7 Å². The van der Waals surface area contributed by atoms with Crippen molar-refractivity contribution in [3.63, 3.8) is 0 Å². The Morgan fingerprint density at radius 1 is 1.19 bits per heavy atom. The molecule has 0 aliphatic carbocycles. The molecule has 1 rings (SSSR count). The summed E-state index contributed by atoms with van der Waals surface area (Å²) < 4.78 is 0. The summed E-state index contributed by atoms with van der Waals surface area (Å²) in [4.78, 5) is 24.1. The van der Waals surface area contributed by atoms with E-state index in [-0.39, 0.29) is 12.5 Å². The normalized spacial score (nSPS) is 12.6. The molecule has 0 heterocycles. The third-order valence-electron chi connectivity index (χ3n) is 3.37. The second-order valence-corrected chi connectivity index (χ2v) is 5.61. The number of carbonyl (C=O) groups excluding carboxylic acids is 1. The summed E-state index contributed by atoms with van der Waals surface area (Å²) in [5.74, 6) is -1.19. The van der Waals surface area contributed by atoms with Crippen molar-refractivity contribution in [1.82, 2.24) is 4.90 Å². The van der Waals surface area contributed by atoms with Gasteiger partial charge in [-0.05, 0) is 23.1 Å². The molecule has 4 heteroatoms. The van der Waals surface area contributed by atoms with Gasteiger partial charge in [-0.3, -0.25) is 9.59 Å². The molecule has 0 bridgehead atoms. The van der Waals surface area contributed by atoms with Gasteiger partial charge in [0.15, 0.2) is 0 Å². The van der Waals surface area contributed by atoms with Crippen LogP contribution in [0.5, 0.6) is 0 Å². The van der Waals surface area contributed by atoms with Gasteiger partial charge < -0.3 is 10.0 Å². The predicted molar refractivity (Wildman–Crippen MR) is 84.0 cm³/mol. The minimum atomic E-state index is -0.900. The van der Waals surface area contributed by atoms with E-state index in [2.05, 4.69) is 13.8 Å². The lowest BCUT2D eigenvalue weighted by Crippen LogP contribution is -2.32. The Morgan fingerprint density at radius 3 is 2.24 bits per heavy atom. The fourth-order valence-corrected chi connectivity index (χ4v) is 1.87. The van der Waals surface area contributed by atoms with Gasteiger partial charge in [0.2, 0.25) is 5.91 Å². The van der Waals surface area contributed by atoms with E-state index in [1.54, 1.807) is 20.0 Å². The zero-order valence-electron chi connectivity index (χ0n) is 13.0.